The van der Waals surface area contributed by atoms with E-state index in [0.717, 1.165) is 36.8 Å². The van der Waals surface area contributed by atoms with Crippen molar-refractivity contribution in [2.24, 2.45) is 39.4 Å². The summed E-state index contributed by atoms with van der Waals surface area (Å²) in [7, 11) is 0. The predicted molar refractivity (Wildman–Crippen MR) is 110 cm³/mol. The van der Waals surface area contributed by atoms with E-state index in [2.05, 4.69) is 39.1 Å². The van der Waals surface area contributed by atoms with E-state index in [4.69, 9.17) is 0 Å². The Balaban J connectivity index is 1.48. The first-order valence-electron chi connectivity index (χ1n) is 11.7. The maximum atomic E-state index is 12.4. The Hall–Kier alpha value is -0.630. The number of Topliss-reactive ketones (excluding diaryl/α,β-unsaturated/α-hetero) is 1. The number of nitrogens with one attached hydrogen (secondary N) is 1. The van der Waals surface area contributed by atoms with Crippen LogP contribution in [0.25, 0.3) is 0 Å². The minimum Gasteiger partial charge on any atom is -0.314 e. The molecule has 2 spiro atoms. The van der Waals surface area contributed by atoms with Crippen molar-refractivity contribution in [3.63, 3.8) is 0 Å². The van der Waals surface area contributed by atoms with Gasteiger partial charge >= 0.3 is 0 Å². The van der Waals surface area contributed by atoms with Crippen molar-refractivity contribution in [3.05, 3.63) is 11.6 Å². The highest BCUT2D eigenvalue weighted by molar-refractivity contribution is 5.95. The Morgan fingerprint density at radius 1 is 1.15 bits per heavy atom. The summed E-state index contributed by atoms with van der Waals surface area (Å²) in [5.41, 5.74) is 2.85. The fourth-order valence-electron chi connectivity index (χ4n) is 9.65. The first kappa shape index (κ1) is 18.4. The summed E-state index contributed by atoms with van der Waals surface area (Å²) in [5, 5.41) is 3.80. The molecule has 2 nitrogen and oxygen atoms in total. The Kier molecular flexibility index (Phi) is 3.74. The molecule has 0 aliphatic heterocycles. The fraction of sp³-hybridized carbons (Fsp3) is 0.880. The molecule has 0 aromatic heterocycles. The van der Waals surface area contributed by atoms with Gasteiger partial charge in [0, 0.05) is 11.5 Å². The molecule has 5 rings (SSSR count). The smallest absolute Gasteiger partial charge is 0.156 e. The summed E-state index contributed by atoms with van der Waals surface area (Å²) in [4.78, 5) is 12.4. The second kappa shape index (κ2) is 5.49. The molecule has 0 aromatic rings. The fourth-order valence-corrected chi connectivity index (χ4v) is 9.65. The molecule has 2 heteroatoms. The monoisotopic (exact) mass is 369 g/mol. The van der Waals surface area contributed by atoms with Crippen LogP contribution in [0.2, 0.25) is 0 Å². The highest BCUT2D eigenvalue weighted by atomic mass is 16.1. The molecule has 1 N–H and O–H groups in total. The molecular formula is C25H39NO. The first-order chi connectivity index (χ1) is 12.8. The van der Waals surface area contributed by atoms with Crippen molar-refractivity contribution in [3.8, 4) is 0 Å². The lowest BCUT2D eigenvalue weighted by atomic mass is 9.43. The average Bonchev–Trinajstić information content (AvgIpc) is 3.20. The molecule has 0 heterocycles. The van der Waals surface area contributed by atoms with Gasteiger partial charge in [0.05, 0.1) is 0 Å². The van der Waals surface area contributed by atoms with Crippen molar-refractivity contribution in [2.45, 2.75) is 92.0 Å². The van der Waals surface area contributed by atoms with Gasteiger partial charge in [0.15, 0.2) is 5.78 Å². The van der Waals surface area contributed by atoms with Crippen LogP contribution in [-0.2, 0) is 4.79 Å². The van der Waals surface area contributed by atoms with Crippen molar-refractivity contribution >= 4 is 5.78 Å². The zero-order valence-electron chi connectivity index (χ0n) is 18.2. The molecule has 8 atom stereocenters. The van der Waals surface area contributed by atoms with E-state index >= 15 is 0 Å². The Labute approximate surface area is 165 Å². The molecule has 0 bridgehead atoms. The van der Waals surface area contributed by atoms with Crippen LogP contribution in [0.4, 0.5) is 0 Å². The quantitative estimate of drug-likeness (QED) is 0.709. The van der Waals surface area contributed by atoms with Gasteiger partial charge in [-0.3, -0.25) is 4.79 Å². The third-order valence-electron chi connectivity index (χ3n) is 11.1. The van der Waals surface area contributed by atoms with Gasteiger partial charge in [-0.05, 0) is 104 Å². The topological polar surface area (TPSA) is 29.1 Å². The molecule has 0 radical (unpaired) electrons. The van der Waals surface area contributed by atoms with Crippen LogP contribution >= 0.6 is 0 Å². The van der Waals surface area contributed by atoms with E-state index < -0.39 is 0 Å². The van der Waals surface area contributed by atoms with Gasteiger partial charge in [-0.1, -0.05) is 33.8 Å². The van der Waals surface area contributed by atoms with Crippen LogP contribution < -0.4 is 5.32 Å². The van der Waals surface area contributed by atoms with Gasteiger partial charge in [0.1, 0.15) is 0 Å². The summed E-state index contributed by atoms with van der Waals surface area (Å²) in [6.45, 7) is 12.7. The number of carbonyl (C=O) groups is 1. The Morgan fingerprint density at radius 2 is 1.93 bits per heavy atom. The maximum absolute atomic E-state index is 12.4. The minimum absolute atomic E-state index is 0.123. The van der Waals surface area contributed by atoms with Gasteiger partial charge in [0.2, 0.25) is 0 Å². The van der Waals surface area contributed by atoms with Crippen molar-refractivity contribution < 1.29 is 4.79 Å². The van der Waals surface area contributed by atoms with Crippen LogP contribution in [0.1, 0.15) is 86.0 Å². The molecule has 4 saturated carbocycles. The van der Waals surface area contributed by atoms with Crippen LogP contribution in [0.15, 0.2) is 11.6 Å². The summed E-state index contributed by atoms with van der Waals surface area (Å²) < 4.78 is 0. The van der Waals surface area contributed by atoms with E-state index in [-0.39, 0.29) is 5.41 Å². The lowest BCUT2D eigenvalue weighted by Gasteiger charge is -2.61. The lowest BCUT2D eigenvalue weighted by molar-refractivity contribution is -0.125. The van der Waals surface area contributed by atoms with Crippen molar-refractivity contribution in [1.29, 1.82) is 0 Å². The van der Waals surface area contributed by atoms with Gasteiger partial charge in [-0.15, -0.1) is 0 Å². The number of fused-ring (bicyclic) bond motifs is 2. The molecule has 8 unspecified atom stereocenters. The molecule has 4 fully saturated rings. The van der Waals surface area contributed by atoms with Crippen molar-refractivity contribution in [2.75, 3.05) is 6.54 Å². The van der Waals surface area contributed by atoms with Crippen LogP contribution in [0, 0.1) is 39.4 Å². The Morgan fingerprint density at radius 3 is 2.63 bits per heavy atom. The third kappa shape index (κ3) is 1.95. The largest absolute Gasteiger partial charge is 0.314 e. The summed E-state index contributed by atoms with van der Waals surface area (Å²) >= 11 is 0. The van der Waals surface area contributed by atoms with Crippen LogP contribution in [-0.4, -0.2) is 18.4 Å². The number of ketones is 1. The standard InChI is InChI=1S/C25H39NO/c1-6-26-20-10-12-24-15-25(24)14-13-22(4)19(17(3)27)9-11-23(22,5)21(25)8-7-18(24)16(20)2/h9,16,18,20-21,26H,6-8,10-15H2,1-5H3. The number of hydrogen-bond acceptors (Lipinski definition) is 2. The van der Waals surface area contributed by atoms with Gasteiger partial charge in [0.25, 0.3) is 0 Å². The number of hydrogen-bond donors (Lipinski definition) is 1. The summed E-state index contributed by atoms with van der Waals surface area (Å²) in [6, 6.07) is 0.738. The zero-order valence-corrected chi connectivity index (χ0v) is 18.2. The molecule has 0 saturated heterocycles. The minimum atomic E-state index is 0.123. The van der Waals surface area contributed by atoms with E-state index in [1.165, 1.54) is 50.5 Å². The van der Waals surface area contributed by atoms with E-state index in [1.807, 2.05) is 0 Å². The van der Waals surface area contributed by atoms with E-state index in [0.29, 0.717) is 22.0 Å². The molecule has 150 valence electrons. The Bertz CT molecular complexity index is 711. The molecule has 0 aromatic carbocycles. The first-order valence-corrected chi connectivity index (χ1v) is 11.7. The normalized spacial score (nSPS) is 55.7. The number of allylic oxidation sites excluding steroid dienone is 2. The summed E-state index contributed by atoms with van der Waals surface area (Å²) in [5.74, 6) is 2.92. The van der Waals surface area contributed by atoms with Gasteiger partial charge in [-0.2, -0.15) is 0 Å². The molecule has 0 amide bonds. The second-order valence-corrected chi connectivity index (χ2v) is 11.4. The molecular weight excluding hydrogens is 330 g/mol. The van der Waals surface area contributed by atoms with Crippen LogP contribution in [0.5, 0.6) is 0 Å². The lowest BCUT2D eigenvalue weighted by Crippen LogP contribution is -2.56. The van der Waals surface area contributed by atoms with Gasteiger partial charge in [-0.25, -0.2) is 0 Å². The maximum Gasteiger partial charge on any atom is 0.156 e. The predicted octanol–water partition coefficient (Wildman–Crippen LogP) is 5.52. The van der Waals surface area contributed by atoms with E-state index in [9.17, 15) is 4.79 Å². The second-order valence-electron chi connectivity index (χ2n) is 11.4. The average molecular weight is 370 g/mol. The third-order valence-corrected chi connectivity index (χ3v) is 11.1. The van der Waals surface area contributed by atoms with E-state index in [1.54, 1.807) is 6.92 Å². The zero-order chi connectivity index (χ0) is 19.2. The highest BCUT2D eigenvalue weighted by Crippen LogP contribution is 2.87. The highest BCUT2D eigenvalue weighted by Gasteiger charge is 2.80. The van der Waals surface area contributed by atoms with Crippen molar-refractivity contribution in [1.82, 2.24) is 5.32 Å². The molecule has 5 aliphatic rings. The van der Waals surface area contributed by atoms with Gasteiger partial charge < -0.3 is 5.32 Å². The number of carbonyl (C=O) groups excluding carboxylic acids is 1. The molecule has 27 heavy (non-hydrogen) atoms. The molecule has 5 aliphatic carbocycles. The number of rotatable bonds is 3. The van der Waals surface area contributed by atoms with Crippen LogP contribution in [0.3, 0.4) is 0 Å². The SMILES string of the molecule is CCNC1CCC23CC24CCC2(C)C(C(C)=O)=CCC2(C)C4CCC3C1C. The summed E-state index contributed by atoms with van der Waals surface area (Å²) in [6.07, 6.45) is 13.3.